The maximum absolute atomic E-state index is 6.28. The van der Waals surface area contributed by atoms with E-state index in [0.29, 0.717) is 11.6 Å². The van der Waals surface area contributed by atoms with E-state index in [2.05, 4.69) is 56.0 Å². The van der Waals surface area contributed by atoms with Crippen molar-refractivity contribution in [2.45, 2.75) is 17.5 Å². The van der Waals surface area contributed by atoms with Crippen molar-refractivity contribution in [3.8, 4) is 5.69 Å². The summed E-state index contributed by atoms with van der Waals surface area (Å²) >= 11 is 7.93. The summed E-state index contributed by atoms with van der Waals surface area (Å²) in [7, 11) is 2.08. The summed E-state index contributed by atoms with van der Waals surface area (Å²) < 4.78 is 2.09. The first-order valence-electron chi connectivity index (χ1n) is 10.3. The Bertz CT molecular complexity index is 1160. The number of hydrogen-bond acceptors (Lipinski definition) is 5. The third-order valence-electron chi connectivity index (χ3n) is 4.82. The third kappa shape index (κ3) is 6.07. The average Bonchev–Trinajstić information content (AvgIpc) is 3.21. The van der Waals surface area contributed by atoms with Crippen LogP contribution in [0.15, 0.2) is 90.4 Å². The number of halogens is 1. The van der Waals surface area contributed by atoms with Crippen LogP contribution in [0.5, 0.6) is 0 Å². The van der Waals surface area contributed by atoms with E-state index in [-0.39, 0.29) is 0 Å². The van der Waals surface area contributed by atoms with Gasteiger partial charge in [-0.15, -0.1) is 10.2 Å². The molecule has 0 aliphatic carbocycles. The molecule has 32 heavy (non-hydrogen) atoms. The van der Waals surface area contributed by atoms with E-state index in [1.807, 2.05) is 54.6 Å². The zero-order valence-electron chi connectivity index (χ0n) is 17.8. The van der Waals surface area contributed by atoms with Gasteiger partial charge in [0, 0.05) is 29.7 Å². The summed E-state index contributed by atoms with van der Waals surface area (Å²) in [6.07, 6.45) is 7.91. The van der Waals surface area contributed by atoms with Crippen LogP contribution in [0.1, 0.15) is 17.0 Å². The molecule has 5 nitrogen and oxygen atoms in total. The molecular weight excluding hydrogens is 438 g/mol. The molecule has 4 aromatic rings. The summed E-state index contributed by atoms with van der Waals surface area (Å²) in [6.45, 7) is 1.46. The first-order valence-corrected chi connectivity index (χ1v) is 11.7. The number of thioether (sulfide) groups is 1. The number of hydrogen-bond donors (Lipinski definition) is 0. The molecule has 4 rings (SSSR count). The summed E-state index contributed by atoms with van der Waals surface area (Å²) in [4.78, 5) is 6.30. The normalized spacial score (nSPS) is 11.5. The summed E-state index contributed by atoms with van der Waals surface area (Å²) in [5, 5.41) is 10.5. The third-order valence-corrected chi connectivity index (χ3v) is 6.06. The van der Waals surface area contributed by atoms with Crippen molar-refractivity contribution in [2.24, 2.45) is 0 Å². The molecule has 0 amide bonds. The molecule has 0 fully saturated rings. The summed E-state index contributed by atoms with van der Waals surface area (Å²) in [5.41, 5.74) is 3.34. The van der Waals surface area contributed by atoms with Crippen LogP contribution in [0.3, 0.4) is 0 Å². The smallest absolute Gasteiger partial charge is 0.196 e. The van der Waals surface area contributed by atoms with Gasteiger partial charge in [0.1, 0.15) is 0 Å². The lowest BCUT2D eigenvalue weighted by Gasteiger charge is -2.16. The second-order valence-corrected chi connectivity index (χ2v) is 8.75. The van der Waals surface area contributed by atoms with E-state index in [1.165, 1.54) is 11.1 Å². The molecule has 162 valence electrons. The van der Waals surface area contributed by atoms with Crippen LogP contribution in [-0.4, -0.2) is 38.2 Å². The molecule has 0 aliphatic heterocycles. The van der Waals surface area contributed by atoms with Crippen molar-refractivity contribution in [3.63, 3.8) is 0 Å². The monoisotopic (exact) mass is 461 g/mol. The molecule has 0 unspecified atom stereocenters. The van der Waals surface area contributed by atoms with Crippen LogP contribution in [-0.2, 0) is 12.3 Å². The van der Waals surface area contributed by atoms with Gasteiger partial charge in [0.15, 0.2) is 11.0 Å². The van der Waals surface area contributed by atoms with Crippen molar-refractivity contribution < 1.29 is 0 Å². The Balaban J connectivity index is 1.51. The lowest BCUT2D eigenvalue weighted by Crippen LogP contribution is -2.20. The molecule has 2 heterocycles. The number of nitrogens with zero attached hydrogens (tertiary/aromatic N) is 5. The first-order chi connectivity index (χ1) is 15.7. The minimum Gasteiger partial charge on any atom is -0.295 e. The van der Waals surface area contributed by atoms with Crippen LogP contribution in [0.4, 0.5) is 0 Å². The highest BCUT2D eigenvalue weighted by molar-refractivity contribution is 7.98. The van der Waals surface area contributed by atoms with Crippen LogP contribution in [0.25, 0.3) is 11.8 Å². The van der Waals surface area contributed by atoms with E-state index in [9.17, 15) is 0 Å². The molecule has 0 spiro atoms. The molecule has 0 atom stereocenters. The van der Waals surface area contributed by atoms with Gasteiger partial charge < -0.3 is 0 Å². The van der Waals surface area contributed by atoms with Crippen LogP contribution >= 0.6 is 23.4 Å². The summed E-state index contributed by atoms with van der Waals surface area (Å²) in [5.74, 6) is 1.66. The van der Waals surface area contributed by atoms with Gasteiger partial charge in [0.2, 0.25) is 0 Å². The fourth-order valence-electron chi connectivity index (χ4n) is 3.24. The largest absolute Gasteiger partial charge is 0.295 e. The Labute approximate surface area is 197 Å². The molecule has 2 aromatic heterocycles. The predicted octanol–water partition coefficient (Wildman–Crippen LogP) is 5.75. The standard InChI is InChI=1S/C25H24ClN5S/c1-30(16-6-9-20-7-3-2-4-8-20)18-24-28-29-25(32-19-21-12-14-27-15-13-21)31(24)23-11-5-10-22(26)17-23/h2-15,17H,16,18-19H2,1H3. The SMILES string of the molecule is CN(CC=Cc1ccccc1)Cc1nnc(SCc2ccncc2)n1-c1cccc(Cl)c1. The van der Waals surface area contributed by atoms with Crippen molar-refractivity contribution >= 4 is 29.4 Å². The van der Waals surface area contributed by atoms with Gasteiger partial charge in [-0.25, -0.2) is 0 Å². The highest BCUT2D eigenvalue weighted by Gasteiger charge is 2.16. The van der Waals surface area contributed by atoms with Gasteiger partial charge in [0.25, 0.3) is 0 Å². The highest BCUT2D eigenvalue weighted by Crippen LogP contribution is 2.27. The maximum atomic E-state index is 6.28. The fourth-order valence-corrected chi connectivity index (χ4v) is 4.35. The van der Waals surface area contributed by atoms with Gasteiger partial charge in [-0.05, 0) is 48.5 Å². The van der Waals surface area contributed by atoms with Crippen LogP contribution in [0.2, 0.25) is 5.02 Å². The Hall–Kier alpha value is -2.93. The second kappa shape index (κ2) is 11.1. The van der Waals surface area contributed by atoms with E-state index in [4.69, 9.17) is 11.6 Å². The number of pyridine rings is 1. The maximum Gasteiger partial charge on any atom is 0.196 e. The van der Waals surface area contributed by atoms with Crippen LogP contribution < -0.4 is 0 Å². The molecule has 7 heteroatoms. The topological polar surface area (TPSA) is 46.8 Å². The van der Waals surface area contributed by atoms with Gasteiger partial charge in [-0.3, -0.25) is 14.5 Å². The number of aromatic nitrogens is 4. The molecule has 0 N–H and O–H groups in total. The first kappa shape index (κ1) is 22.3. The number of rotatable bonds is 9. The van der Waals surface area contributed by atoms with Gasteiger partial charge >= 0.3 is 0 Å². The van der Waals surface area contributed by atoms with E-state index < -0.39 is 0 Å². The molecule has 0 saturated heterocycles. The average molecular weight is 462 g/mol. The predicted molar refractivity (Wildman–Crippen MR) is 132 cm³/mol. The second-order valence-electron chi connectivity index (χ2n) is 7.37. The molecule has 0 bridgehead atoms. The van der Waals surface area contributed by atoms with Gasteiger partial charge in [-0.2, -0.15) is 0 Å². The zero-order chi connectivity index (χ0) is 22.2. The van der Waals surface area contributed by atoms with Gasteiger partial charge in [-0.1, -0.05) is 71.9 Å². The van der Waals surface area contributed by atoms with Crippen molar-refractivity contribution in [3.05, 3.63) is 107 Å². The lowest BCUT2D eigenvalue weighted by molar-refractivity contribution is 0.350. The molecular formula is C25H24ClN5S. The highest BCUT2D eigenvalue weighted by atomic mass is 35.5. The van der Waals surface area contributed by atoms with E-state index in [1.54, 1.807) is 24.2 Å². The molecule has 0 radical (unpaired) electrons. The Morgan fingerprint density at radius 2 is 1.81 bits per heavy atom. The zero-order valence-corrected chi connectivity index (χ0v) is 19.4. The van der Waals surface area contributed by atoms with Crippen LogP contribution in [0, 0.1) is 0 Å². The fraction of sp³-hybridized carbons (Fsp3) is 0.160. The number of benzene rings is 2. The lowest BCUT2D eigenvalue weighted by atomic mass is 10.2. The molecule has 0 aliphatic rings. The Kier molecular flexibility index (Phi) is 7.72. The van der Waals surface area contributed by atoms with Crippen molar-refractivity contribution in [1.29, 1.82) is 0 Å². The van der Waals surface area contributed by atoms with E-state index >= 15 is 0 Å². The Morgan fingerprint density at radius 1 is 1.00 bits per heavy atom. The van der Waals surface area contributed by atoms with Crippen molar-refractivity contribution in [2.75, 3.05) is 13.6 Å². The molecule has 2 aromatic carbocycles. The quantitative estimate of drug-likeness (QED) is 0.297. The van der Waals surface area contributed by atoms with Gasteiger partial charge in [0.05, 0.1) is 12.2 Å². The number of likely N-dealkylation sites (N-methyl/N-ethyl adjacent to an activating group) is 1. The minimum absolute atomic E-state index is 0.661. The summed E-state index contributed by atoms with van der Waals surface area (Å²) in [6, 6.07) is 22.1. The minimum atomic E-state index is 0.661. The molecule has 0 saturated carbocycles. The Morgan fingerprint density at radius 3 is 2.59 bits per heavy atom. The van der Waals surface area contributed by atoms with E-state index in [0.717, 1.165) is 29.0 Å². The van der Waals surface area contributed by atoms with Crippen molar-refractivity contribution in [1.82, 2.24) is 24.6 Å².